The minimum Gasteiger partial charge on any atom is -0.459 e. The van der Waals surface area contributed by atoms with Gasteiger partial charge in [0.05, 0.1) is 17.8 Å². The van der Waals surface area contributed by atoms with Crippen LogP contribution in [0.25, 0.3) is 0 Å². The molecule has 0 bridgehead atoms. The molecule has 7 aliphatic rings. The number of hydrogen-bond donors (Lipinski definition) is 2. The number of rotatable bonds is 8. The van der Waals surface area contributed by atoms with Gasteiger partial charge in [0.2, 0.25) is 0 Å². The third-order valence-electron chi connectivity index (χ3n) is 15.6. The number of aliphatic hydroxyl groups excluding tert-OH is 2. The van der Waals surface area contributed by atoms with Crippen molar-refractivity contribution in [3.8, 4) is 0 Å². The minimum atomic E-state index is -0.711. The van der Waals surface area contributed by atoms with Crippen molar-refractivity contribution in [2.24, 2.45) is 50.7 Å². The van der Waals surface area contributed by atoms with Crippen molar-refractivity contribution in [3.05, 3.63) is 36.5 Å². The predicted molar refractivity (Wildman–Crippen MR) is 178 cm³/mol. The molecular formula is C40H60O6. The summed E-state index contributed by atoms with van der Waals surface area (Å²) in [5.74, 6) is 1.04. The summed E-state index contributed by atoms with van der Waals surface area (Å²) in [4.78, 5) is 12.9. The van der Waals surface area contributed by atoms with Gasteiger partial charge in [0, 0.05) is 22.8 Å². The van der Waals surface area contributed by atoms with Gasteiger partial charge < -0.3 is 24.4 Å². The molecule has 5 saturated carbocycles. The van der Waals surface area contributed by atoms with Crippen molar-refractivity contribution in [2.75, 3.05) is 0 Å². The number of esters is 1. The Labute approximate surface area is 277 Å². The first-order chi connectivity index (χ1) is 21.7. The molecule has 7 rings (SSSR count). The maximum absolute atomic E-state index is 12.9. The van der Waals surface area contributed by atoms with Crippen molar-refractivity contribution in [2.45, 2.75) is 155 Å². The summed E-state index contributed by atoms with van der Waals surface area (Å²) in [5.41, 5.74) is -0.0831. The highest BCUT2D eigenvalue weighted by atomic mass is 16.7. The summed E-state index contributed by atoms with van der Waals surface area (Å²) in [7, 11) is 0. The van der Waals surface area contributed by atoms with Crippen LogP contribution < -0.4 is 0 Å². The molecule has 0 amide bonds. The lowest BCUT2D eigenvalue weighted by atomic mass is 9.37. The number of epoxide rings is 1. The first-order valence-corrected chi connectivity index (χ1v) is 18.6. The van der Waals surface area contributed by atoms with Crippen molar-refractivity contribution in [3.63, 3.8) is 0 Å². The van der Waals surface area contributed by atoms with Crippen molar-refractivity contribution >= 4 is 5.97 Å². The molecule has 7 fully saturated rings. The summed E-state index contributed by atoms with van der Waals surface area (Å²) < 4.78 is 18.3. The molecule has 2 N–H and O–H groups in total. The van der Waals surface area contributed by atoms with Gasteiger partial charge in [-0.3, -0.25) is 0 Å². The van der Waals surface area contributed by atoms with Gasteiger partial charge in [-0.05, 0) is 112 Å². The maximum atomic E-state index is 12.9. The number of ether oxygens (including phenoxy) is 3. The van der Waals surface area contributed by atoms with Crippen LogP contribution in [0.1, 0.15) is 119 Å². The van der Waals surface area contributed by atoms with Crippen LogP contribution in [0.15, 0.2) is 36.5 Å². The Morgan fingerprint density at radius 1 is 0.913 bits per heavy atom. The average Bonchev–Trinajstić information content (AvgIpc) is 3.75. The van der Waals surface area contributed by atoms with Gasteiger partial charge in [-0.15, -0.1) is 0 Å². The van der Waals surface area contributed by atoms with E-state index in [4.69, 9.17) is 14.2 Å². The maximum Gasteiger partial charge on any atom is 0.331 e. The van der Waals surface area contributed by atoms with Gasteiger partial charge >= 0.3 is 5.97 Å². The lowest BCUT2D eigenvalue weighted by molar-refractivity contribution is -0.245. The second kappa shape index (κ2) is 11.0. The molecule has 6 nitrogen and oxygen atoms in total. The zero-order valence-electron chi connectivity index (χ0n) is 29.5. The van der Waals surface area contributed by atoms with Crippen LogP contribution >= 0.6 is 0 Å². The first-order valence-electron chi connectivity index (χ1n) is 18.6. The molecule has 0 aromatic heterocycles. The lowest BCUT2D eigenvalue weighted by Crippen LogP contribution is -2.66. The zero-order valence-corrected chi connectivity index (χ0v) is 29.5. The normalized spacial score (nSPS) is 51.5. The number of carbonyl (C=O) groups excluding carboxylic acids is 1. The molecule has 13 atom stereocenters. The summed E-state index contributed by atoms with van der Waals surface area (Å²) in [6, 6.07) is 0. The molecule has 0 spiro atoms. The summed E-state index contributed by atoms with van der Waals surface area (Å²) >= 11 is 0. The van der Waals surface area contributed by atoms with E-state index in [1.807, 2.05) is 18.2 Å². The molecule has 5 aliphatic carbocycles. The van der Waals surface area contributed by atoms with Gasteiger partial charge in [0.1, 0.15) is 12.2 Å². The van der Waals surface area contributed by atoms with E-state index in [9.17, 15) is 15.0 Å². The molecule has 256 valence electrons. The van der Waals surface area contributed by atoms with E-state index in [2.05, 4.69) is 54.5 Å². The monoisotopic (exact) mass is 636 g/mol. The molecular weight excluding hydrogens is 576 g/mol. The fourth-order valence-electron chi connectivity index (χ4n) is 13.3. The highest BCUT2D eigenvalue weighted by molar-refractivity contribution is 5.82. The number of carbonyl (C=O) groups is 1. The quantitative estimate of drug-likeness (QED) is 0.123. The van der Waals surface area contributed by atoms with Crippen LogP contribution in [-0.4, -0.2) is 52.5 Å². The Morgan fingerprint density at radius 2 is 1.65 bits per heavy atom. The number of allylic oxidation sites excluding steroid dienone is 5. The van der Waals surface area contributed by atoms with Gasteiger partial charge in [-0.25, -0.2) is 4.79 Å². The molecule has 6 heteroatoms. The van der Waals surface area contributed by atoms with Crippen LogP contribution in [0.4, 0.5) is 0 Å². The van der Waals surface area contributed by atoms with Crippen molar-refractivity contribution < 1.29 is 29.2 Å². The van der Waals surface area contributed by atoms with Crippen LogP contribution in [0.3, 0.4) is 0 Å². The third kappa shape index (κ3) is 4.58. The van der Waals surface area contributed by atoms with Crippen LogP contribution in [0.5, 0.6) is 0 Å². The van der Waals surface area contributed by atoms with Gasteiger partial charge in [-0.1, -0.05) is 71.4 Å². The van der Waals surface area contributed by atoms with Crippen LogP contribution in [-0.2, 0) is 19.0 Å². The Hall–Kier alpha value is -1.47. The predicted octanol–water partition coefficient (Wildman–Crippen LogP) is 7.68. The van der Waals surface area contributed by atoms with Crippen LogP contribution in [0.2, 0.25) is 0 Å². The van der Waals surface area contributed by atoms with Crippen molar-refractivity contribution in [1.82, 2.24) is 0 Å². The van der Waals surface area contributed by atoms with Gasteiger partial charge in [0.15, 0.2) is 6.29 Å². The molecule has 1 unspecified atom stereocenters. The number of aliphatic hydroxyl groups is 2. The van der Waals surface area contributed by atoms with E-state index in [1.165, 1.54) is 18.9 Å². The van der Waals surface area contributed by atoms with E-state index < -0.39 is 6.29 Å². The molecule has 0 aromatic carbocycles. The Morgan fingerprint density at radius 3 is 2.37 bits per heavy atom. The Kier molecular flexibility index (Phi) is 7.92. The van der Waals surface area contributed by atoms with E-state index >= 15 is 0 Å². The summed E-state index contributed by atoms with van der Waals surface area (Å²) in [5, 5.41) is 23.5. The van der Waals surface area contributed by atoms with Gasteiger partial charge in [-0.2, -0.15) is 0 Å². The fourth-order valence-corrected chi connectivity index (χ4v) is 13.3. The largest absolute Gasteiger partial charge is 0.459 e. The second-order valence-corrected chi connectivity index (χ2v) is 18.1. The van der Waals surface area contributed by atoms with E-state index in [0.29, 0.717) is 11.8 Å². The van der Waals surface area contributed by atoms with E-state index in [-0.39, 0.29) is 74.9 Å². The number of hydrogen-bond acceptors (Lipinski definition) is 6. The van der Waals surface area contributed by atoms with E-state index in [0.717, 1.165) is 57.8 Å². The third-order valence-corrected chi connectivity index (χ3v) is 15.6. The van der Waals surface area contributed by atoms with Gasteiger partial charge in [0.25, 0.3) is 0 Å². The molecule has 46 heavy (non-hydrogen) atoms. The standard InChI is InChI=1S/C40H60O6/c1-8-9-10-11-12-13-14-15-32(42)45-31-18-19-37(6)28-17-20-39-24-40(39,38(28,7)30(41)23-29(37)35(31,2)3)21-16-26(39)25-22-27(44-34(25)43)33-36(4,5)46-33/h10-15,25-31,33-34,41,43H,8-9,16-24H2,1-7H3/b11-10+,13-12+,15-14-/t25-,26-,27+,28+,29-,30+,31+,33-,34?,37+,38-,39-,40+/m0/s1. The molecule has 0 aromatic rings. The highest BCUT2D eigenvalue weighted by Crippen LogP contribution is 2.91. The topological polar surface area (TPSA) is 88.5 Å². The zero-order chi connectivity index (χ0) is 32.9. The number of fused-ring (bicyclic) bond motifs is 3. The van der Waals surface area contributed by atoms with Crippen LogP contribution in [0, 0.1) is 50.7 Å². The summed E-state index contributed by atoms with van der Waals surface area (Å²) in [6.07, 6.45) is 21.6. The average molecular weight is 637 g/mol. The fraction of sp³-hybridized carbons (Fsp3) is 0.825. The smallest absolute Gasteiger partial charge is 0.331 e. The molecule has 2 aliphatic heterocycles. The van der Waals surface area contributed by atoms with Crippen molar-refractivity contribution in [1.29, 1.82) is 0 Å². The first kappa shape index (κ1) is 33.0. The lowest BCUT2D eigenvalue weighted by Gasteiger charge is -2.68. The minimum absolute atomic E-state index is 0.0156. The summed E-state index contributed by atoms with van der Waals surface area (Å²) in [6.45, 7) is 15.9. The molecule has 2 heterocycles. The second-order valence-electron chi connectivity index (χ2n) is 18.1. The molecule has 2 saturated heterocycles. The number of unbranched alkanes of at least 4 members (excludes halogenated alkanes) is 1. The Balaban J connectivity index is 1.06. The highest BCUT2D eigenvalue weighted by Gasteiger charge is 2.86. The molecule has 0 radical (unpaired) electrons. The van der Waals surface area contributed by atoms with E-state index in [1.54, 1.807) is 6.08 Å². The SMILES string of the molecule is CCC/C=C/C=C/C=C\C(=O)O[C@@H]1CC[C@]2(C)[C@H]3CC[C@@]45C[C@]4(CC[C@H]5[C@@H]4C[C@H]([C@@H]5OC5(C)C)OC4O)[C@]3(C)[C@H](O)C[C@H]2C1(C)C. The Bertz CT molecular complexity index is 1300.